The second kappa shape index (κ2) is 8.99. The van der Waals surface area contributed by atoms with E-state index < -0.39 is 0 Å². The van der Waals surface area contributed by atoms with Gasteiger partial charge in [-0.1, -0.05) is 13.8 Å². The third-order valence-electron chi connectivity index (χ3n) is 4.82. The summed E-state index contributed by atoms with van der Waals surface area (Å²) in [6, 6.07) is 10.7. The van der Waals surface area contributed by atoms with Crippen molar-refractivity contribution >= 4 is 23.2 Å². The van der Waals surface area contributed by atoms with Crippen LogP contribution in [-0.2, 0) is 4.79 Å². The number of benzene rings is 2. The second-order valence-corrected chi connectivity index (χ2v) is 7.67. The van der Waals surface area contributed by atoms with E-state index in [1.54, 1.807) is 25.3 Å². The summed E-state index contributed by atoms with van der Waals surface area (Å²) >= 11 is 0. The van der Waals surface area contributed by atoms with Crippen LogP contribution in [0, 0.1) is 12.8 Å². The van der Waals surface area contributed by atoms with Crippen LogP contribution in [-0.4, -0.2) is 32.1 Å². The van der Waals surface area contributed by atoms with Crippen LogP contribution in [0.5, 0.6) is 11.5 Å². The first kappa shape index (κ1) is 20.7. The molecule has 3 rings (SSSR count). The predicted molar refractivity (Wildman–Crippen MR) is 114 cm³/mol. The maximum atomic E-state index is 12.7. The lowest BCUT2D eigenvalue weighted by Crippen LogP contribution is -2.24. The number of hydrogen-bond donors (Lipinski definition) is 1. The van der Waals surface area contributed by atoms with Crippen molar-refractivity contribution in [3.63, 3.8) is 0 Å². The van der Waals surface area contributed by atoms with Gasteiger partial charge in [-0.25, -0.2) is 0 Å². The van der Waals surface area contributed by atoms with Crippen LogP contribution >= 0.6 is 0 Å². The van der Waals surface area contributed by atoms with Crippen molar-refractivity contribution in [3.8, 4) is 11.5 Å². The molecule has 0 radical (unpaired) electrons. The smallest absolute Gasteiger partial charge is 0.255 e. The third-order valence-corrected chi connectivity index (χ3v) is 4.82. The Morgan fingerprint density at radius 2 is 1.97 bits per heavy atom. The summed E-state index contributed by atoms with van der Waals surface area (Å²) in [7, 11) is 1.56. The highest BCUT2D eigenvalue weighted by molar-refractivity contribution is 6.05. The average Bonchev–Trinajstić information content (AvgIpc) is 3.11. The molecule has 1 saturated heterocycles. The van der Waals surface area contributed by atoms with Gasteiger partial charge in [-0.3, -0.25) is 9.59 Å². The number of anilines is 2. The van der Waals surface area contributed by atoms with E-state index >= 15 is 0 Å². The first-order chi connectivity index (χ1) is 13.9. The third kappa shape index (κ3) is 4.88. The summed E-state index contributed by atoms with van der Waals surface area (Å²) in [4.78, 5) is 26.5. The van der Waals surface area contributed by atoms with Crippen LogP contribution in [0.4, 0.5) is 11.4 Å². The Labute approximate surface area is 171 Å². The standard InChI is InChI=1S/C23H28N2O4/c1-15(2)14-29-20-10-7-17(13-21(20)28-4)23(27)24-18-8-9-19(16(3)12-18)25-11-5-6-22(25)26/h7-10,12-13,15H,5-6,11,14H2,1-4H3,(H,24,27). The van der Waals surface area contributed by atoms with Crippen molar-refractivity contribution in [3.05, 3.63) is 47.5 Å². The van der Waals surface area contributed by atoms with E-state index in [-0.39, 0.29) is 11.8 Å². The molecule has 1 aliphatic rings. The highest BCUT2D eigenvalue weighted by Crippen LogP contribution is 2.30. The molecule has 0 saturated carbocycles. The molecule has 2 amide bonds. The SMILES string of the molecule is COc1cc(C(=O)Nc2ccc(N3CCCC3=O)c(C)c2)ccc1OCC(C)C. The molecule has 29 heavy (non-hydrogen) atoms. The summed E-state index contributed by atoms with van der Waals surface area (Å²) in [5.74, 6) is 1.45. The Balaban J connectivity index is 1.72. The maximum absolute atomic E-state index is 12.7. The number of aryl methyl sites for hydroxylation is 1. The molecule has 2 aromatic carbocycles. The lowest BCUT2D eigenvalue weighted by atomic mass is 10.1. The van der Waals surface area contributed by atoms with Gasteiger partial charge in [0.25, 0.3) is 5.91 Å². The number of rotatable bonds is 7. The molecule has 0 unspecified atom stereocenters. The Hall–Kier alpha value is -3.02. The Morgan fingerprint density at radius 1 is 1.17 bits per heavy atom. The monoisotopic (exact) mass is 396 g/mol. The first-order valence-corrected chi connectivity index (χ1v) is 9.92. The molecule has 0 aromatic heterocycles. The quantitative estimate of drug-likeness (QED) is 0.752. The van der Waals surface area contributed by atoms with Crippen molar-refractivity contribution in [1.82, 2.24) is 0 Å². The van der Waals surface area contributed by atoms with Gasteiger partial charge >= 0.3 is 0 Å². The minimum Gasteiger partial charge on any atom is -0.493 e. The maximum Gasteiger partial charge on any atom is 0.255 e. The van der Waals surface area contributed by atoms with Crippen molar-refractivity contribution in [2.45, 2.75) is 33.6 Å². The number of nitrogens with zero attached hydrogens (tertiary/aromatic N) is 1. The van der Waals surface area contributed by atoms with Crippen LogP contribution in [0.3, 0.4) is 0 Å². The molecule has 1 N–H and O–H groups in total. The highest BCUT2D eigenvalue weighted by Gasteiger charge is 2.23. The van der Waals surface area contributed by atoms with Gasteiger partial charge in [-0.2, -0.15) is 0 Å². The molecular weight excluding hydrogens is 368 g/mol. The van der Waals surface area contributed by atoms with E-state index in [0.29, 0.717) is 41.7 Å². The highest BCUT2D eigenvalue weighted by atomic mass is 16.5. The van der Waals surface area contributed by atoms with Crippen LogP contribution in [0.2, 0.25) is 0 Å². The van der Waals surface area contributed by atoms with Gasteiger partial charge in [-0.05, 0) is 61.2 Å². The molecule has 1 aliphatic heterocycles. The van der Waals surface area contributed by atoms with E-state index in [1.165, 1.54) is 0 Å². The number of carbonyl (C=O) groups excluding carboxylic acids is 2. The van der Waals surface area contributed by atoms with Crippen molar-refractivity contribution in [2.24, 2.45) is 5.92 Å². The Morgan fingerprint density at radius 3 is 2.59 bits per heavy atom. The Kier molecular flexibility index (Phi) is 6.42. The summed E-state index contributed by atoms with van der Waals surface area (Å²) in [5.41, 5.74) is 3.02. The number of ether oxygens (including phenoxy) is 2. The van der Waals surface area contributed by atoms with Gasteiger partial charge in [0.1, 0.15) is 0 Å². The van der Waals surface area contributed by atoms with Gasteiger partial charge in [0.2, 0.25) is 5.91 Å². The second-order valence-electron chi connectivity index (χ2n) is 7.67. The Bertz CT molecular complexity index is 908. The zero-order chi connectivity index (χ0) is 21.0. The summed E-state index contributed by atoms with van der Waals surface area (Å²) in [6.07, 6.45) is 1.48. The molecule has 6 heteroatoms. The molecule has 2 aromatic rings. The first-order valence-electron chi connectivity index (χ1n) is 9.92. The zero-order valence-corrected chi connectivity index (χ0v) is 17.5. The number of methoxy groups -OCH3 is 1. The topological polar surface area (TPSA) is 67.9 Å². The van der Waals surface area contributed by atoms with Crippen LogP contribution in [0.15, 0.2) is 36.4 Å². The van der Waals surface area contributed by atoms with E-state index in [9.17, 15) is 9.59 Å². The van der Waals surface area contributed by atoms with Crippen molar-refractivity contribution in [1.29, 1.82) is 0 Å². The van der Waals surface area contributed by atoms with E-state index in [1.807, 2.05) is 30.0 Å². The number of nitrogens with one attached hydrogen (secondary N) is 1. The molecule has 0 bridgehead atoms. The van der Waals surface area contributed by atoms with E-state index in [2.05, 4.69) is 19.2 Å². The largest absolute Gasteiger partial charge is 0.493 e. The lowest BCUT2D eigenvalue weighted by Gasteiger charge is -2.19. The van der Waals surface area contributed by atoms with Crippen LogP contribution in [0.1, 0.15) is 42.6 Å². The zero-order valence-electron chi connectivity index (χ0n) is 17.5. The van der Waals surface area contributed by atoms with Gasteiger partial charge in [0.05, 0.1) is 13.7 Å². The van der Waals surface area contributed by atoms with Gasteiger partial charge < -0.3 is 19.7 Å². The average molecular weight is 396 g/mol. The molecule has 154 valence electrons. The molecule has 0 atom stereocenters. The summed E-state index contributed by atoms with van der Waals surface area (Å²) in [5, 5.41) is 2.91. The van der Waals surface area contributed by atoms with Gasteiger partial charge in [-0.15, -0.1) is 0 Å². The minimum absolute atomic E-state index is 0.150. The summed E-state index contributed by atoms with van der Waals surface area (Å²) in [6.45, 7) is 7.41. The van der Waals surface area contributed by atoms with Crippen molar-refractivity contribution < 1.29 is 19.1 Å². The minimum atomic E-state index is -0.233. The molecule has 6 nitrogen and oxygen atoms in total. The number of amides is 2. The van der Waals surface area contributed by atoms with Crippen LogP contribution < -0.4 is 19.7 Å². The predicted octanol–water partition coefficient (Wildman–Crippen LogP) is 4.42. The fourth-order valence-electron chi connectivity index (χ4n) is 3.33. The number of hydrogen-bond acceptors (Lipinski definition) is 4. The summed E-state index contributed by atoms with van der Waals surface area (Å²) < 4.78 is 11.1. The molecule has 0 aliphatic carbocycles. The van der Waals surface area contributed by atoms with E-state index in [4.69, 9.17) is 9.47 Å². The van der Waals surface area contributed by atoms with E-state index in [0.717, 1.165) is 24.2 Å². The fraction of sp³-hybridized carbons (Fsp3) is 0.391. The van der Waals surface area contributed by atoms with Gasteiger partial charge in [0, 0.05) is 29.9 Å². The van der Waals surface area contributed by atoms with Crippen LogP contribution in [0.25, 0.3) is 0 Å². The fourth-order valence-corrected chi connectivity index (χ4v) is 3.33. The lowest BCUT2D eigenvalue weighted by molar-refractivity contribution is -0.117. The molecule has 1 heterocycles. The van der Waals surface area contributed by atoms with Gasteiger partial charge in [0.15, 0.2) is 11.5 Å². The molecular formula is C23H28N2O4. The molecule has 1 fully saturated rings. The molecule has 0 spiro atoms. The number of carbonyl (C=O) groups is 2. The van der Waals surface area contributed by atoms with Crippen molar-refractivity contribution in [2.75, 3.05) is 30.5 Å². The normalized spacial score (nSPS) is 13.7.